The Hall–Kier alpha value is -1.71. The van der Waals surface area contributed by atoms with E-state index in [1.807, 2.05) is 18.4 Å². The molecule has 3 rings (SSSR count). The Labute approximate surface area is 144 Å². The average Bonchev–Trinajstić information content (AvgIpc) is 3.12. The van der Waals surface area contributed by atoms with Gasteiger partial charge < -0.3 is 9.42 Å². The molecule has 1 saturated heterocycles. The van der Waals surface area contributed by atoms with Crippen LogP contribution in [0.4, 0.5) is 0 Å². The Morgan fingerprint density at radius 2 is 1.88 bits per heavy atom. The number of hydrogen-bond donors (Lipinski definition) is 0. The Morgan fingerprint density at radius 1 is 1.21 bits per heavy atom. The molecule has 0 saturated carbocycles. The number of aromatic nitrogens is 1. The third-order valence-electron chi connectivity index (χ3n) is 4.15. The summed E-state index contributed by atoms with van der Waals surface area (Å²) in [6, 6.07) is 1.91. The van der Waals surface area contributed by atoms with Crippen molar-refractivity contribution < 1.29 is 17.7 Å². The number of nitrogens with zero attached hydrogens (tertiary/aromatic N) is 3. The van der Waals surface area contributed by atoms with Gasteiger partial charge >= 0.3 is 0 Å². The molecular formula is C15H19N3O4S2. The molecule has 3 heterocycles. The Kier molecular flexibility index (Phi) is 4.50. The maximum absolute atomic E-state index is 12.8. The summed E-state index contributed by atoms with van der Waals surface area (Å²) in [6.45, 7) is 6.39. The predicted molar refractivity (Wildman–Crippen MR) is 89.7 cm³/mol. The summed E-state index contributed by atoms with van der Waals surface area (Å²) in [5.41, 5.74) is 1.32. The highest BCUT2D eigenvalue weighted by Crippen LogP contribution is 2.25. The van der Waals surface area contributed by atoms with Gasteiger partial charge in [0.2, 0.25) is 10.0 Å². The van der Waals surface area contributed by atoms with Crippen LogP contribution in [-0.4, -0.2) is 54.9 Å². The van der Waals surface area contributed by atoms with Crippen LogP contribution in [0.15, 0.2) is 20.9 Å². The van der Waals surface area contributed by atoms with Crippen LogP contribution >= 0.6 is 11.3 Å². The van der Waals surface area contributed by atoms with Crippen LogP contribution < -0.4 is 0 Å². The van der Waals surface area contributed by atoms with Crippen molar-refractivity contribution in [2.75, 3.05) is 26.2 Å². The lowest BCUT2D eigenvalue weighted by molar-refractivity contribution is 0.0702. The molecule has 7 nitrogen and oxygen atoms in total. The molecule has 130 valence electrons. The van der Waals surface area contributed by atoms with E-state index in [1.165, 1.54) is 15.6 Å². The molecule has 0 unspecified atom stereocenters. The highest BCUT2D eigenvalue weighted by Gasteiger charge is 2.34. The molecule has 0 spiro atoms. The van der Waals surface area contributed by atoms with Crippen LogP contribution in [0.1, 0.15) is 26.7 Å². The molecule has 9 heteroatoms. The molecule has 1 aliphatic rings. The van der Waals surface area contributed by atoms with E-state index in [0.29, 0.717) is 24.5 Å². The van der Waals surface area contributed by atoms with Gasteiger partial charge in [0.1, 0.15) is 10.6 Å². The van der Waals surface area contributed by atoms with Gasteiger partial charge in [0.05, 0.1) is 4.88 Å². The van der Waals surface area contributed by atoms with Crippen LogP contribution in [0.3, 0.4) is 0 Å². The second-order valence-electron chi connectivity index (χ2n) is 5.78. The van der Waals surface area contributed by atoms with Crippen molar-refractivity contribution in [3.63, 3.8) is 0 Å². The first-order chi connectivity index (χ1) is 11.3. The van der Waals surface area contributed by atoms with E-state index in [4.69, 9.17) is 4.52 Å². The normalized spacial score (nSPS) is 16.5. The smallest absolute Gasteiger partial charge is 0.264 e. The Bertz CT molecular complexity index is 842. The number of carbonyl (C=O) groups excluding carboxylic acids is 1. The number of carbonyl (C=O) groups is 1. The van der Waals surface area contributed by atoms with Crippen LogP contribution in [0.25, 0.3) is 0 Å². The highest BCUT2D eigenvalue weighted by molar-refractivity contribution is 7.89. The lowest BCUT2D eigenvalue weighted by atomic mass is 10.2. The number of hydrogen-bond acceptors (Lipinski definition) is 6. The van der Waals surface area contributed by atoms with Gasteiger partial charge in [0, 0.05) is 26.2 Å². The summed E-state index contributed by atoms with van der Waals surface area (Å²) in [4.78, 5) is 15.1. The molecule has 1 fully saturated rings. The lowest BCUT2D eigenvalue weighted by Crippen LogP contribution is -2.50. The van der Waals surface area contributed by atoms with Crippen LogP contribution in [0.5, 0.6) is 0 Å². The van der Waals surface area contributed by atoms with Gasteiger partial charge in [-0.2, -0.15) is 4.31 Å². The van der Waals surface area contributed by atoms with E-state index in [1.54, 1.807) is 18.7 Å². The van der Waals surface area contributed by atoms with Gasteiger partial charge in [-0.1, -0.05) is 5.16 Å². The number of sulfonamides is 1. The summed E-state index contributed by atoms with van der Waals surface area (Å²) in [6.07, 6.45) is 0. The fraction of sp³-hybridized carbons (Fsp3) is 0.467. The second kappa shape index (κ2) is 6.30. The van der Waals surface area contributed by atoms with Gasteiger partial charge in [0.25, 0.3) is 5.91 Å². The number of piperazine rings is 1. The zero-order valence-electron chi connectivity index (χ0n) is 13.8. The first kappa shape index (κ1) is 17.1. The summed E-state index contributed by atoms with van der Waals surface area (Å²) in [5.74, 6) is 0.261. The fourth-order valence-electron chi connectivity index (χ4n) is 2.84. The topological polar surface area (TPSA) is 83.7 Å². The minimum Gasteiger partial charge on any atom is -0.360 e. The first-order valence-electron chi connectivity index (χ1n) is 7.58. The molecule has 0 bridgehead atoms. The van der Waals surface area contributed by atoms with Crippen molar-refractivity contribution in [1.82, 2.24) is 14.4 Å². The Balaban J connectivity index is 1.73. The summed E-state index contributed by atoms with van der Waals surface area (Å²) in [7, 11) is -3.65. The zero-order valence-corrected chi connectivity index (χ0v) is 15.4. The maximum Gasteiger partial charge on any atom is 0.264 e. The molecule has 2 aromatic rings. The first-order valence-corrected chi connectivity index (χ1v) is 9.90. The van der Waals surface area contributed by atoms with Crippen molar-refractivity contribution in [3.8, 4) is 0 Å². The molecule has 0 radical (unpaired) electrons. The Morgan fingerprint density at radius 3 is 2.38 bits per heavy atom. The molecule has 1 amide bonds. The maximum atomic E-state index is 12.8. The number of rotatable bonds is 3. The SMILES string of the molecule is Cc1ccsc1C(=O)N1CCN(S(=O)(=O)c2c(C)noc2C)CC1. The largest absolute Gasteiger partial charge is 0.360 e. The number of amides is 1. The molecule has 0 N–H and O–H groups in total. The number of thiophene rings is 1. The predicted octanol–water partition coefficient (Wildman–Crippen LogP) is 1.81. The summed E-state index contributed by atoms with van der Waals surface area (Å²) < 4.78 is 31.9. The minimum absolute atomic E-state index is 0.0307. The van der Waals surface area contributed by atoms with Crippen molar-refractivity contribution in [2.45, 2.75) is 25.7 Å². The molecular weight excluding hydrogens is 350 g/mol. The van der Waals surface area contributed by atoms with Gasteiger partial charge in [0.15, 0.2) is 5.76 Å². The van der Waals surface area contributed by atoms with Crippen molar-refractivity contribution in [2.24, 2.45) is 0 Å². The molecule has 0 aliphatic carbocycles. The average molecular weight is 369 g/mol. The van der Waals surface area contributed by atoms with Gasteiger partial charge in [-0.05, 0) is 37.8 Å². The van der Waals surface area contributed by atoms with E-state index in [0.717, 1.165) is 10.4 Å². The molecule has 24 heavy (non-hydrogen) atoms. The van der Waals surface area contributed by atoms with Crippen molar-refractivity contribution in [3.05, 3.63) is 33.3 Å². The highest BCUT2D eigenvalue weighted by atomic mass is 32.2. The van der Waals surface area contributed by atoms with Crippen molar-refractivity contribution >= 4 is 27.3 Å². The quantitative estimate of drug-likeness (QED) is 0.824. The summed E-state index contributed by atoms with van der Waals surface area (Å²) >= 11 is 1.42. The van der Waals surface area contributed by atoms with Crippen molar-refractivity contribution in [1.29, 1.82) is 0 Å². The van der Waals surface area contributed by atoms with E-state index in [9.17, 15) is 13.2 Å². The second-order valence-corrected chi connectivity index (χ2v) is 8.57. The number of aryl methyl sites for hydroxylation is 3. The summed E-state index contributed by atoms with van der Waals surface area (Å²) in [5, 5.41) is 5.61. The monoisotopic (exact) mass is 369 g/mol. The van der Waals surface area contributed by atoms with E-state index in [2.05, 4.69) is 5.16 Å². The van der Waals surface area contributed by atoms with E-state index < -0.39 is 10.0 Å². The molecule has 0 aromatic carbocycles. The van der Waals surface area contributed by atoms with Gasteiger partial charge in [-0.15, -0.1) is 11.3 Å². The van der Waals surface area contributed by atoms with Crippen LogP contribution in [0.2, 0.25) is 0 Å². The van der Waals surface area contributed by atoms with E-state index >= 15 is 0 Å². The van der Waals surface area contributed by atoms with Gasteiger partial charge in [-0.25, -0.2) is 8.42 Å². The van der Waals surface area contributed by atoms with Gasteiger partial charge in [-0.3, -0.25) is 4.79 Å². The molecule has 1 aliphatic heterocycles. The fourth-order valence-corrected chi connectivity index (χ4v) is 5.44. The standard InChI is InChI=1S/C15H19N3O4S2/c1-10-4-9-23-13(10)15(19)17-5-7-18(8-6-17)24(20,21)14-11(2)16-22-12(14)3/h4,9H,5-8H2,1-3H3. The molecule has 2 aromatic heterocycles. The third kappa shape index (κ3) is 2.87. The third-order valence-corrected chi connectivity index (χ3v) is 7.30. The van der Waals surface area contributed by atoms with Crippen LogP contribution in [0, 0.1) is 20.8 Å². The van der Waals surface area contributed by atoms with E-state index in [-0.39, 0.29) is 23.9 Å². The molecule has 0 atom stereocenters. The van der Waals surface area contributed by atoms with Crippen LogP contribution in [-0.2, 0) is 10.0 Å². The minimum atomic E-state index is -3.65. The zero-order chi connectivity index (χ0) is 17.5. The lowest BCUT2D eigenvalue weighted by Gasteiger charge is -2.33.